The summed E-state index contributed by atoms with van der Waals surface area (Å²) in [6.45, 7) is 3.28. The average Bonchev–Trinajstić information content (AvgIpc) is 2.37. The maximum atomic E-state index is 12.6. The van der Waals surface area contributed by atoms with Gasteiger partial charge in [0, 0.05) is 13.6 Å². The van der Waals surface area contributed by atoms with Crippen LogP contribution in [0.4, 0.5) is 18.0 Å². The molecule has 2 N–H and O–H groups in total. The smallest absolute Gasteiger partial charge is 0.392 e. The van der Waals surface area contributed by atoms with Crippen molar-refractivity contribution in [1.29, 1.82) is 0 Å². The van der Waals surface area contributed by atoms with Crippen LogP contribution in [-0.2, 0) is 6.18 Å². The number of benzene rings is 1. The Morgan fingerprint density at radius 2 is 2.00 bits per heavy atom. The second kappa shape index (κ2) is 6.80. The summed E-state index contributed by atoms with van der Waals surface area (Å²) < 4.78 is 37.9. The van der Waals surface area contributed by atoms with Gasteiger partial charge in [-0.15, -0.1) is 0 Å². The molecule has 0 heterocycles. The van der Waals surface area contributed by atoms with E-state index in [2.05, 4.69) is 5.32 Å². The lowest BCUT2D eigenvalue weighted by molar-refractivity contribution is -0.137. The zero-order valence-electron chi connectivity index (χ0n) is 12.1. The Kier molecular flexibility index (Phi) is 5.60. The van der Waals surface area contributed by atoms with Crippen LogP contribution in [0.25, 0.3) is 0 Å². The molecule has 0 aromatic heterocycles. The molecule has 0 aliphatic rings. The van der Waals surface area contributed by atoms with Crippen LogP contribution in [0, 0.1) is 0 Å². The first kappa shape index (κ1) is 17.3. The molecular formula is C14H19F3N2O2. The normalized spacial score (nSPS) is 14.4. The van der Waals surface area contributed by atoms with Crippen LogP contribution >= 0.6 is 0 Å². The molecule has 1 aromatic rings. The summed E-state index contributed by atoms with van der Waals surface area (Å²) in [4.78, 5) is 13.1. The lowest BCUT2D eigenvalue weighted by Gasteiger charge is -2.23. The topological polar surface area (TPSA) is 52.6 Å². The molecule has 4 nitrogen and oxygen atoms in total. The predicted octanol–water partition coefficient (Wildman–Crippen LogP) is 2.79. The number of aliphatic hydroxyl groups is 1. The lowest BCUT2D eigenvalue weighted by Crippen LogP contribution is -2.41. The number of alkyl halides is 3. The second-order valence-corrected chi connectivity index (χ2v) is 5.02. The van der Waals surface area contributed by atoms with E-state index in [1.165, 1.54) is 24.1 Å². The van der Waals surface area contributed by atoms with E-state index in [0.29, 0.717) is 5.56 Å². The highest BCUT2D eigenvalue weighted by Gasteiger charge is 2.30. The van der Waals surface area contributed by atoms with Gasteiger partial charge in [-0.05, 0) is 31.5 Å². The van der Waals surface area contributed by atoms with Crippen LogP contribution in [0.2, 0.25) is 0 Å². The van der Waals surface area contributed by atoms with Gasteiger partial charge >= 0.3 is 12.2 Å². The summed E-state index contributed by atoms with van der Waals surface area (Å²) in [5.74, 6) is 0. The molecule has 0 aliphatic carbocycles. The van der Waals surface area contributed by atoms with E-state index in [1.807, 2.05) is 0 Å². The van der Waals surface area contributed by atoms with E-state index in [0.717, 1.165) is 12.1 Å². The van der Waals surface area contributed by atoms with E-state index in [1.54, 1.807) is 13.8 Å². The number of carbonyl (C=O) groups excluding carboxylic acids is 1. The van der Waals surface area contributed by atoms with E-state index in [9.17, 15) is 23.1 Å². The number of halogens is 3. The van der Waals surface area contributed by atoms with Crippen LogP contribution in [-0.4, -0.2) is 35.7 Å². The highest BCUT2D eigenvalue weighted by molar-refractivity contribution is 5.74. The molecule has 7 heteroatoms. The molecule has 118 valence electrons. The number of nitrogens with one attached hydrogen (secondary N) is 1. The molecule has 2 atom stereocenters. The first-order chi connectivity index (χ1) is 9.61. The number of rotatable bonds is 4. The average molecular weight is 304 g/mol. The number of amides is 2. The Morgan fingerprint density at radius 3 is 2.52 bits per heavy atom. The second-order valence-electron chi connectivity index (χ2n) is 5.02. The maximum Gasteiger partial charge on any atom is 0.416 e. The van der Waals surface area contributed by atoms with Crippen molar-refractivity contribution in [2.75, 3.05) is 13.6 Å². The standard InChI is InChI=1S/C14H19F3N2O2/c1-9(20)8-19(3)13(21)18-10(2)11-5-4-6-12(7-11)14(15,16)17/h4-7,9-10,20H,8H2,1-3H3,(H,18,21). The van der Waals surface area contributed by atoms with Crippen molar-refractivity contribution in [1.82, 2.24) is 10.2 Å². The van der Waals surface area contributed by atoms with Crippen molar-refractivity contribution in [2.45, 2.75) is 32.2 Å². The van der Waals surface area contributed by atoms with Crippen LogP contribution in [0.5, 0.6) is 0 Å². The molecule has 0 aliphatic heterocycles. The minimum Gasteiger partial charge on any atom is -0.392 e. The minimum absolute atomic E-state index is 0.140. The van der Waals surface area contributed by atoms with E-state index in [-0.39, 0.29) is 6.54 Å². The Hall–Kier alpha value is -1.76. The summed E-state index contributed by atoms with van der Waals surface area (Å²) in [6.07, 6.45) is -5.09. The zero-order chi connectivity index (χ0) is 16.2. The van der Waals surface area contributed by atoms with E-state index >= 15 is 0 Å². The van der Waals surface area contributed by atoms with Gasteiger partial charge in [0.05, 0.1) is 17.7 Å². The maximum absolute atomic E-state index is 12.6. The molecule has 1 aromatic carbocycles. The fraction of sp³-hybridized carbons (Fsp3) is 0.500. The summed E-state index contributed by atoms with van der Waals surface area (Å²) >= 11 is 0. The largest absolute Gasteiger partial charge is 0.416 e. The van der Waals surface area contributed by atoms with E-state index in [4.69, 9.17) is 0 Å². The van der Waals surface area contributed by atoms with Gasteiger partial charge in [0.25, 0.3) is 0 Å². The highest BCUT2D eigenvalue weighted by Crippen LogP contribution is 2.30. The summed E-state index contributed by atoms with van der Waals surface area (Å²) in [5, 5.41) is 11.8. The number of carbonyl (C=O) groups is 1. The summed E-state index contributed by atoms with van der Waals surface area (Å²) in [7, 11) is 1.50. The van der Waals surface area contributed by atoms with Crippen LogP contribution in [0.1, 0.15) is 31.0 Å². The molecule has 2 amide bonds. The molecule has 2 unspecified atom stereocenters. The fourth-order valence-corrected chi connectivity index (χ4v) is 1.84. The predicted molar refractivity (Wildman–Crippen MR) is 72.7 cm³/mol. The number of urea groups is 1. The number of likely N-dealkylation sites (N-methyl/N-ethyl adjacent to an activating group) is 1. The van der Waals surface area contributed by atoms with Crippen LogP contribution in [0.3, 0.4) is 0 Å². The molecule has 0 spiro atoms. The Balaban J connectivity index is 2.76. The molecule has 0 bridgehead atoms. The molecular weight excluding hydrogens is 285 g/mol. The van der Waals surface area contributed by atoms with Crippen molar-refractivity contribution in [3.8, 4) is 0 Å². The minimum atomic E-state index is -4.41. The van der Waals surface area contributed by atoms with E-state index < -0.39 is 29.9 Å². The highest BCUT2D eigenvalue weighted by atomic mass is 19.4. The van der Waals surface area contributed by atoms with Crippen LogP contribution < -0.4 is 5.32 Å². The molecule has 0 fully saturated rings. The van der Waals surface area contributed by atoms with Gasteiger partial charge < -0.3 is 15.3 Å². The van der Waals surface area contributed by atoms with Gasteiger partial charge in [-0.2, -0.15) is 13.2 Å². The zero-order valence-corrected chi connectivity index (χ0v) is 12.1. The van der Waals surface area contributed by atoms with Gasteiger partial charge in [-0.25, -0.2) is 4.79 Å². The Bertz CT molecular complexity index is 489. The molecule has 21 heavy (non-hydrogen) atoms. The SMILES string of the molecule is CC(O)CN(C)C(=O)NC(C)c1cccc(C(F)(F)F)c1. The van der Waals surface area contributed by atoms with Crippen molar-refractivity contribution >= 4 is 6.03 Å². The first-order valence-corrected chi connectivity index (χ1v) is 6.48. The molecule has 1 rings (SSSR count). The number of nitrogens with zero attached hydrogens (tertiary/aromatic N) is 1. The third-order valence-corrected chi connectivity index (χ3v) is 2.94. The van der Waals surface area contributed by atoms with Crippen molar-refractivity contribution in [3.63, 3.8) is 0 Å². The molecule has 0 saturated carbocycles. The number of hydrogen-bond donors (Lipinski definition) is 2. The molecule has 0 radical (unpaired) electrons. The number of hydrogen-bond acceptors (Lipinski definition) is 2. The van der Waals surface area contributed by atoms with Gasteiger partial charge in [0.1, 0.15) is 0 Å². The molecule has 0 saturated heterocycles. The lowest BCUT2D eigenvalue weighted by atomic mass is 10.1. The summed E-state index contributed by atoms with van der Waals surface area (Å²) in [5.41, 5.74) is -0.387. The van der Waals surface area contributed by atoms with Crippen molar-refractivity contribution < 1.29 is 23.1 Å². The van der Waals surface area contributed by atoms with Gasteiger partial charge in [0.2, 0.25) is 0 Å². The number of aliphatic hydroxyl groups excluding tert-OH is 1. The van der Waals surface area contributed by atoms with Crippen molar-refractivity contribution in [2.24, 2.45) is 0 Å². The Morgan fingerprint density at radius 1 is 1.38 bits per heavy atom. The summed E-state index contributed by atoms with van der Waals surface area (Å²) in [6, 6.07) is 3.80. The van der Waals surface area contributed by atoms with Crippen molar-refractivity contribution in [3.05, 3.63) is 35.4 Å². The van der Waals surface area contributed by atoms with Crippen LogP contribution in [0.15, 0.2) is 24.3 Å². The Labute approximate surface area is 121 Å². The van der Waals surface area contributed by atoms with Gasteiger partial charge in [-0.1, -0.05) is 12.1 Å². The quantitative estimate of drug-likeness (QED) is 0.898. The van der Waals surface area contributed by atoms with Gasteiger partial charge in [0.15, 0.2) is 0 Å². The monoisotopic (exact) mass is 304 g/mol. The third kappa shape index (κ3) is 5.26. The first-order valence-electron chi connectivity index (χ1n) is 6.48. The van der Waals surface area contributed by atoms with Gasteiger partial charge in [-0.3, -0.25) is 0 Å². The fourth-order valence-electron chi connectivity index (χ4n) is 1.84. The third-order valence-electron chi connectivity index (χ3n) is 2.94.